The molecule has 0 saturated carbocycles. The van der Waals surface area contributed by atoms with Crippen molar-refractivity contribution >= 4 is 5.97 Å². The van der Waals surface area contributed by atoms with Crippen molar-refractivity contribution in [3.8, 4) is 22.9 Å². The minimum Gasteiger partial charge on any atom is -0.422 e. The standard InChI is InChI=1S/C32H37NO2/c1-3-5-7-9-11-25-13-16-27(17-14-25)28-18-20-29(21-19-28)32(34)35-31-22-15-26(23-30(31)24-33)12-10-8-6-4-2/h13-23H,3-12H2,1-2H3. The first-order valence-corrected chi connectivity index (χ1v) is 13.1. The fraction of sp³-hybridized carbons (Fsp3) is 0.375. The van der Waals surface area contributed by atoms with Crippen molar-refractivity contribution in [3.05, 3.63) is 89.0 Å². The van der Waals surface area contributed by atoms with Gasteiger partial charge < -0.3 is 4.74 Å². The number of unbranched alkanes of at least 4 members (excludes halogenated alkanes) is 6. The van der Waals surface area contributed by atoms with Gasteiger partial charge in [0.2, 0.25) is 0 Å². The molecule has 3 nitrogen and oxygen atoms in total. The second-order valence-electron chi connectivity index (χ2n) is 9.23. The first kappa shape index (κ1) is 26.2. The van der Waals surface area contributed by atoms with E-state index in [4.69, 9.17) is 4.74 Å². The average Bonchev–Trinajstić information content (AvgIpc) is 2.90. The van der Waals surface area contributed by atoms with Gasteiger partial charge in [0.25, 0.3) is 0 Å². The Labute approximate surface area is 210 Å². The van der Waals surface area contributed by atoms with Gasteiger partial charge in [-0.15, -0.1) is 0 Å². The molecule has 3 aromatic carbocycles. The quantitative estimate of drug-likeness (QED) is 0.143. The first-order chi connectivity index (χ1) is 17.1. The third kappa shape index (κ3) is 8.11. The predicted octanol–water partition coefficient (Wildman–Crippen LogP) is 8.69. The lowest BCUT2D eigenvalue weighted by Crippen LogP contribution is -2.09. The van der Waals surface area contributed by atoms with Crippen LogP contribution in [0.15, 0.2) is 66.7 Å². The number of nitrogens with zero attached hydrogens (tertiary/aromatic N) is 1. The van der Waals surface area contributed by atoms with Crippen LogP contribution in [0.2, 0.25) is 0 Å². The minimum absolute atomic E-state index is 0.313. The van der Waals surface area contributed by atoms with Crippen LogP contribution in [0.3, 0.4) is 0 Å². The lowest BCUT2D eigenvalue weighted by molar-refractivity contribution is 0.0734. The van der Waals surface area contributed by atoms with Gasteiger partial charge in [0.15, 0.2) is 0 Å². The molecule has 3 rings (SSSR count). The molecule has 0 aliphatic rings. The molecule has 0 unspecified atom stereocenters. The molecule has 0 N–H and O–H groups in total. The van der Waals surface area contributed by atoms with Crippen molar-refractivity contribution in [1.29, 1.82) is 5.26 Å². The van der Waals surface area contributed by atoms with Gasteiger partial charge in [0.05, 0.1) is 11.1 Å². The Bertz CT molecular complexity index is 1110. The summed E-state index contributed by atoms with van der Waals surface area (Å²) in [7, 11) is 0. The monoisotopic (exact) mass is 467 g/mol. The Morgan fingerprint density at radius 2 is 1.26 bits per heavy atom. The van der Waals surface area contributed by atoms with Crippen LogP contribution in [-0.4, -0.2) is 5.97 Å². The molecule has 0 spiro atoms. The molecule has 3 aromatic rings. The number of esters is 1. The maximum Gasteiger partial charge on any atom is 0.343 e. The van der Waals surface area contributed by atoms with E-state index in [1.54, 1.807) is 18.2 Å². The number of benzene rings is 3. The van der Waals surface area contributed by atoms with E-state index in [1.807, 2.05) is 24.3 Å². The van der Waals surface area contributed by atoms with E-state index >= 15 is 0 Å². The average molecular weight is 468 g/mol. The Morgan fingerprint density at radius 1 is 0.714 bits per heavy atom. The van der Waals surface area contributed by atoms with Crippen molar-refractivity contribution in [3.63, 3.8) is 0 Å². The van der Waals surface area contributed by atoms with E-state index in [0.29, 0.717) is 16.9 Å². The number of nitriles is 1. The molecule has 0 amide bonds. The third-order valence-electron chi connectivity index (χ3n) is 6.41. The first-order valence-electron chi connectivity index (χ1n) is 13.1. The minimum atomic E-state index is -0.453. The van der Waals surface area contributed by atoms with Crippen LogP contribution in [0.5, 0.6) is 5.75 Å². The smallest absolute Gasteiger partial charge is 0.343 e. The summed E-state index contributed by atoms with van der Waals surface area (Å²) in [6.07, 6.45) is 11.9. The van der Waals surface area contributed by atoms with Gasteiger partial charge in [-0.1, -0.05) is 94.8 Å². The SMILES string of the molecule is CCCCCCc1ccc(-c2ccc(C(=O)Oc3ccc(CCCCCC)cc3C#N)cc2)cc1. The van der Waals surface area contributed by atoms with Crippen LogP contribution >= 0.6 is 0 Å². The van der Waals surface area contributed by atoms with Crippen LogP contribution in [0.1, 0.15) is 92.3 Å². The van der Waals surface area contributed by atoms with E-state index in [2.05, 4.69) is 44.2 Å². The van der Waals surface area contributed by atoms with Crippen molar-refractivity contribution in [1.82, 2.24) is 0 Å². The molecule has 0 aliphatic carbocycles. The van der Waals surface area contributed by atoms with Gasteiger partial charge in [0.1, 0.15) is 11.8 Å². The lowest BCUT2D eigenvalue weighted by Gasteiger charge is -2.09. The number of carbonyl (C=O) groups excluding carboxylic acids is 1. The molecule has 0 bridgehead atoms. The summed E-state index contributed by atoms with van der Waals surface area (Å²) < 4.78 is 5.58. The fourth-order valence-corrected chi connectivity index (χ4v) is 4.24. The molecular formula is C32H37NO2. The predicted molar refractivity (Wildman–Crippen MR) is 144 cm³/mol. The number of hydrogen-bond donors (Lipinski definition) is 0. The summed E-state index contributed by atoms with van der Waals surface area (Å²) in [5, 5.41) is 9.55. The lowest BCUT2D eigenvalue weighted by atomic mass is 10.0. The highest BCUT2D eigenvalue weighted by molar-refractivity contribution is 5.92. The van der Waals surface area contributed by atoms with Gasteiger partial charge in [-0.05, 0) is 72.2 Å². The summed E-state index contributed by atoms with van der Waals surface area (Å²) in [4.78, 5) is 12.7. The molecule has 3 heteroatoms. The Balaban J connectivity index is 1.59. The Hall–Kier alpha value is -3.38. The molecule has 182 valence electrons. The molecule has 0 radical (unpaired) electrons. The van der Waals surface area contributed by atoms with Gasteiger partial charge in [0, 0.05) is 0 Å². The number of hydrogen-bond acceptors (Lipinski definition) is 3. The van der Waals surface area contributed by atoms with Gasteiger partial charge in [-0.2, -0.15) is 5.26 Å². The van der Waals surface area contributed by atoms with Crippen molar-refractivity contribution in [2.24, 2.45) is 0 Å². The number of aryl methyl sites for hydroxylation is 2. The molecule has 0 atom stereocenters. The fourth-order valence-electron chi connectivity index (χ4n) is 4.24. The summed E-state index contributed by atoms with van der Waals surface area (Å²) >= 11 is 0. The zero-order valence-corrected chi connectivity index (χ0v) is 21.2. The molecule has 0 fully saturated rings. The van der Waals surface area contributed by atoms with Crippen molar-refractivity contribution < 1.29 is 9.53 Å². The molecule has 0 heterocycles. The van der Waals surface area contributed by atoms with E-state index in [9.17, 15) is 10.1 Å². The van der Waals surface area contributed by atoms with E-state index in [1.165, 1.54) is 50.5 Å². The number of carbonyl (C=O) groups is 1. The summed E-state index contributed by atoms with van der Waals surface area (Å²) in [6, 6.07) is 23.8. The second kappa shape index (κ2) is 14.1. The highest BCUT2D eigenvalue weighted by atomic mass is 16.5. The largest absolute Gasteiger partial charge is 0.422 e. The van der Waals surface area contributed by atoms with Crippen LogP contribution in [0, 0.1) is 11.3 Å². The number of rotatable bonds is 13. The molecule has 0 aromatic heterocycles. The maximum atomic E-state index is 12.7. The molecule has 0 aliphatic heterocycles. The Morgan fingerprint density at radius 3 is 1.83 bits per heavy atom. The number of ether oxygens (including phenoxy) is 1. The summed E-state index contributed by atoms with van der Waals surface area (Å²) in [6.45, 7) is 4.43. The Kier molecular flexibility index (Phi) is 10.6. The van der Waals surface area contributed by atoms with Crippen LogP contribution in [0.25, 0.3) is 11.1 Å². The highest BCUT2D eigenvalue weighted by Gasteiger charge is 2.13. The highest BCUT2D eigenvalue weighted by Crippen LogP contribution is 2.24. The van der Waals surface area contributed by atoms with E-state index in [0.717, 1.165) is 36.0 Å². The second-order valence-corrected chi connectivity index (χ2v) is 9.23. The summed E-state index contributed by atoms with van der Waals surface area (Å²) in [5.74, 6) is -0.139. The summed E-state index contributed by atoms with van der Waals surface area (Å²) in [5.41, 5.74) is 5.53. The van der Waals surface area contributed by atoms with Crippen LogP contribution in [-0.2, 0) is 12.8 Å². The zero-order chi connectivity index (χ0) is 24.9. The van der Waals surface area contributed by atoms with Gasteiger partial charge in [-0.25, -0.2) is 4.79 Å². The van der Waals surface area contributed by atoms with E-state index in [-0.39, 0.29) is 0 Å². The molecule has 0 saturated heterocycles. The van der Waals surface area contributed by atoms with Crippen LogP contribution in [0.4, 0.5) is 0 Å². The third-order valence-corrected chi connectivity index (χ3v) is 6.41. The molecular weight excluding hydrogens is 430 g/mol. The normalized spacial score (nSPS) is 10.7. The van der Waals surface area contributed by atoms with Crippen LogP contribution < -0.4 is 4.74 Å². The van der Waals surface area contributed by atoms with Gasteiger partial charge >= 0.3 is 5.97 Å². The zero-order valence-electron chi connectivity index (χ0n) is 21.2. The van der Waals surface area contributed by atoms with Crippen molar-refractivity contribution in [2.75, 3.05) is 0 Å². The van der Waals surface area contributed by atoms with Crippen molar-refractivity contribution in [2.45, 2.75) is 78.1 Å². The topological polar surface area (TPSA) is 50.1 Å². The van der Waals surface area contributed by atoms with Gasteiger partial charge in [-0.3, -0.25) is 0 Å². The molecule has 35 heavy (non-hydrogen) atoms. The maximum absolute atomic E-state index is 12.7. The van der Waals surface area contributed by atoms with E-state index < -0.39 is 5.97 Å².